The van der Waals surface area contributed by atoms with Crippen molar-refractivity contribution in [3.8, 4) is 17.2 Å². The van der Waals surface area contributed by atoms with Crippen molar-refractivity contribution in [3.63, 3.8) is 0 Å². The molecule has 0 aromatic heterocycles. The Morgan fingerprint density at radius 1 is 1.14 bits per heavy atom. The molecule has 1 aromatic rings. The number of benzene rings is 1. The van der Waals surface area contributed by atoms with Gasteiger partial charge in [0.05, 0.1) is 18.8 Å². The Labute approximate surface area is 129 Å². The summed E-state index contributed by atoms with van der Waals surface area (Å²) in [6.45, 7) is 7.26. The summed E-state index contributed by atoms with van der Waals surface area (Å²) in [5.74, 6) is 1.76. The van der Waals surface area contributed by atoms with Crippen LogP contribution in [0.4, 0.5) is 0 Å². The van der Waals surface area contributed by atoms with Crippen molar-refractivity contribution in [2.75, 3.05) is 52.7 Å². The molecule has 1 aromatic carbocycles. The van der Waals surface area contributed by atoms with E-state index in [1.165, 1.54) is 6.92 Å². The molecule has 0 amide bonds. The second-order valence-electron chi connectivity index (χ2n) is 5.35. The maximum absolute atomic E-state index is 11.8. The molecule has 0 spiro atoms. The molecule has 6 nitrogen and oxygen atoms in total. The van der Waals surface area contributed by atoms with Gasteiger partial charge in [0.25, 0.3) is 0 Å². The summed E-state index contributed by atoms with van der Waals surface area (Å²) in [4.78, 5) is 14.1. The molecule has 0 N–H and O–H groups in total. The van der Waals surface area contributed by atoms with E-state index in [1.807, 2.05) is 0 Å². The van der Waals surface area contributed by atoms with Crippen molar-refractivity contribution in [1.82, 2.24) is 4.90 Å². The van der Waals surface area contributed by atoms with Crippen molar-refractivity contribution >= 4 is 5.78 Å². The quantitative estimate of drug-likeness (QED) is 0.766. The van der Waals surface area contributed by atoms with Crippen LogP contribution in [-0.2, 0) is 4.74 Å². The summed E-state index contributed by atoms with van der Waals surface area (Å²) in [6, 6.07) is 3.46. The molecular formula is C16H21NO5. The minimum atomic E-state index is -0.0432. The van der Waals surface area contributed by atoms with Crippen LogP contribution >= 0.6 is 0 Å². The summed E-state index contributed by atoms with van der Waals surface area (Å²) in [6.07, 6.45) is 0. The maximum atomic E-state index is 11.8. The van der Waals surface area contributed by atoms with Crippen LogP contribution in [0.15, 0.2) is 12.1 Å². The fourth-order valence-corrected chi connectivity index (χ4v) is 2.57. The van der Waals surface area contributed by atoms with Crippen LogP contribution in [0, 0.1) is 0 Å². The van der Waals surface area contributed by atoms with Crippen LogP contribution < -0.4 is 14.2 Å². The van der Waals surface area contributed by atoms with E-state index in [-0.39, 0.29) is 5.78 Å². The van der Waals surface area contributed by atoms with Crippen molar-refractivity contribution in [3.05, 3.63) is 17.7 Å². The molecule has 0 radical (unpaired) electrons. The molecule has 2 aliphatic rings. The fraction of sp³-hybridized carbons (Fsp3) is 0.562. The van der Waals surface area contributed by atoms with Crippen LogP contribution in [0.25, 0.3) is 0 Å². The molecule has 0 aliphatic carbocycles. The lowest BCUT2D eigenvalue weighted by Crippen LogP contribution is -2.38. The molecule has 120 valence electrons. The van der Waals surface area contributed by atoms with Gasteiger partial charge in [-0.1, -0.05) is 0 Å². The molecule has 22 heavy (non-hydrogen) atoms. The first-order valence-electron chi connectivity index (χ1n) is 7.61. The van der Waals surface area contributed by atoms with Crippen LogP contribution in [0.5, 0.6) is 17.2 Å². The summed E-state index contributed by atoms with van der Waals surface area (Å²) in [5.41, 5.74) is 0.534. The van der Waals surface area contributed by atoms with Gasteiger partial charge in [0.2, 0.25) is 0 Å². The van der Waals surface area contributed by atoms with E-state index < -0.39 is 0 Å². The molecule has 2 heterocycles. The van der Waals surface area contributed by atoms with Gasteiger partial charge >= 0.3 is 0 Å². The van der Waals surface area contributed by atoms with Crippen LogP contribution in [0.3, 0.4) is 0 Å². The topological polar surface area (TPSA) is 57.2 Å². The van der Waals surface area contributed by atoms with Gasteiger partial charge in [-0.25, -0.2) is 0 Å². The van der Waals surface area contributed by atoms with Crippen molar-refractivity contribution in [1.29, 1.82) is 0 Å². The number of carbonyl (C=O) groups excluding carboxylic acids is 1. The Hall–Kier alpha value is -1.79. The van der Waals surface area contributed by atoms with E-state index >= 15 is 0 Å². The molecule has 0 atom stereocenters. The van der Waals surface area contributed by atoms with Gasteiger partial charge in [0, 0.05) is 25.7 Å². The first kappa shape index (κ1) is 15.1. The molecule has 6 heteroatoms. The third kappa shape index (κ3) is 3.51. The highest BCUT2D eigenvalue weighted by Gasteiger charge is 2.19. The van der Waals surface area contributed by atoms with E-state index in [0.29, 0.717) is 42.6 Å². The molecular weight excluding hydrogens is 286 g/mol. The predicted octanol–water partition coefficient (Wildman–Crippen LogP) is 1.37. The van der Waals surface area contributed by atoms with E-state index in [1.54, 1.807) is 12.1 Å². The number of fused-ring (bicyclic) bond motifs is 1. The standard InChI is InChI=1S/C16H21NO5/c1-12(18)13-10-15-16(22-9-8-21-15)11-14(13)20-7-4-17-2-5-19-6-3-17/h10-11H,2-9H2,1H3. The van der Waals surface area contributed by atoms with Crippen LogP contribution in [0.2, 0.25) is 0 Å². The van der Waals surface area contributed by atoms with E-state index in [2.05, 4.69) is 4.90 Å². The Morgan fingerprint density at radius 2 is 1.82 bits per heavy atom. The number of hydrogen-bond acceptors (Lipinski definition) is 6. The fourth-order valence-electron chi connectivity index (χ4n) is 2.57. The molecule has 0 unspecified atom stereocenters. The zero-order chi connectivity index (χ0) is 15.4. The summed E-state index contributed by atoms with van der Waals surface area (Å²) < 4.78 is 22.2. The molecule has 2 aliphatic heterocycles. The lowest BCUT2D eigenvalue weighted by Gasteiger charge is -2.26. The Morgan fingerprint density at radius 3 is 2.50 bits per heavy atom. The average Bonchev–Trinajstić information content (AvgIpc) is 2.55. The second-order valence-corrected chi connectivity index (χ2v) is 5.35. The monoisotopic (exact) mass is 307 g/mol. The van der Waals surface area contributed by atoms with Gasteiger partial charge in [-0.3, -0.25) is 9.69 Å². The second kappa shape index (κ2) is 6.98. The minimum Gasteiger partial charge on any atom is -0.491 e. The minimum absolute atomic E-state index is 0.0432. The highest BCUT2D eigenvalue weighted by Crippen LogP contribution is 2.37. The van der Waals surface area contributed by atoms with Crippen LogP contribution in [0.1, 0.15) is 17.3 Å². The van der Waals surface area contributed by atoms with Crippen molar-refractivity contribution in [2.24, 2.45) is 0 Å². The average molecular weight is 307 g/mol. The molecule has 1 fully saturated rings. The number of morpholine rings is 1. The molecule has 0 bridgehead atoms. The third-order valence-corrected chi connectivity index (χ3v) is 3.79. The maximum Gasteiger partial charge on any atom is 0.165 e. The Bertz CT molecular complexity index is 540. The number of carbonyl (C=O) groups is 1. The normalized spacial score (nSPS) is 18.0. The van der Waals surface area contributed by atoms with E-state index in [9.17, 15) is 4.79 Å². The summed E-state index contributed by atoms with van der Waals surface area (Å²) in [5, 5.41) is 0. The van der Waals surface area contributed by atoms with Crippen LogP contribution in [-0.4, -0.2) is 63.4 Å². The Balaban J connectivity index is 1.67. The predicted molar refractivity (Wildman–Crippen MR) is 80.2 cm³/mol. The smallest absolute Gasteiger partial charge is 0.165 e. The van der Waals surface area contributed by atoms with E-state index in [0.717, 1.165) is 32.8 Å². The lowest BCUT2D eigenvalue weighted by atomic mass is 10.1. The van der Waals surface area contributed by atoms with Crippen molar-refractivity contribution < 1.29 is 23.7 Å². The van der Waals surface area contributed by atoms with E-state index in [4.69, 9.17) is 18.9 Å². The van der Waals surface area contributed by atoms with Gasteiger partial charge < -0.3 is 18.9 Å². The summed E-state index contributed by atoms with van der Waals surface area (Å²) >= 11 is 0. The zero-order valence-electron chi connectivity index (χ0n) is 12.8. The van der Waals surface area contributed by atoms with Gasteiger partial charge in [-0.2, -0.15) is 0 Å². The molecule has 1 saturated heterocycles. The number of Topliss-reactive ketones (excluding diaryl/α,β-unsaturated/α-hetero) is 1. The van der Waals surface area contributed by atoms with Gasteiger partial charge in [-0.05, 0) is 13.0 Å². The number of ketones is 1. The van der Waals surface area contributed by atoms with Gasteiger partial charge in [-0.15, -0.1) is 0 Å². The number of nitrogens with zero attached hydrogens (tertiary/aromatic N) is 1. The Kier molecular flexibility index (Phi) is 4.80. The zero-order valence-corrected chi connectivity index (χ0v) is 12.8. The van der Waals surface area contributed by atoms with Gasteiger partial charge in [0.15, 0.2) is 17.3 Å². The highest BCUT2D eigenvalue weighted by atomic mass is 16.6. The third-order valence-electron chi connectivity index (χ3n) is 3.79. The SMILES string of the molecule is CC(=O)c1cc2c(cc1OCCN1CCOCC1)OCCO2. The number of hydrogen-bond donors (Lipinski definition) is 0. The van der Waals surface area contributed by atoms with Gasteiger partial charge in [0.1, 0.15) is 25.6 Å². The molecule has 0 saturated carbocycles. The number of ether oxygens (including phenoxy) is 4. The largest absolute Gasteiger partial charge is 0.491 e. The highest BCUT2D eigenvalue weighted by molar-refractivity contribution is 5.97. The van der Waals surface area contributed by atoms with Crippen molar-refractivity contribution in [2.45, 2.75) is 6.92 Å². The molecule has 3 rings (SSSR count). The first-order valence-corrected chi connectivity index (χ1v) is 7.61. The lowest BCUT2D eigenvalue weighted by molar-refractivity contribution is 0.0322. The summed E-state index contributed by atoms with van der Waals surface area (Å²) in [7, 11) is 0. The first-order chi connectivity index (χ1) is 10.7. The number of rotatable bonds is 5.